The molecular formula is C11H15BrMgOS. The topological polar surface area (TPSA) is 9.23 Å². The summed E-state index contributed by atoms with van der Waals surface area (Å²) in [6.45, 7) is 4.41. The molecule has 0 aliphatic heterocycles. The molecule has 0 radical (unpaired) electrons. The Morgan fingerprint density at radius 2 is 2.20 bits per heavy atom. The molecule has 1 aromatic rings. The van der Waals surface area contributed by atoms with Crippen molar-refractivity contribution in [1.82, 2.24) is 0 Å². The van der Waals surface area contributed by atoms with Crippen LogP contribution in [0, 0.1) is 6.07 Å². The minimum Gasteiger partial charge on any atom is -1.00 e. The normalized spacial score (nSPS) is 10.9. The van der Waals surface area contributed by atoms with E-state index in [9.17, 15) is 0 Å². The molecule has 0 heterocycles. The van der Waals surface area contributed by atoms with E-state index < -0.39 is 0 Å². The molecule has 0 amide bonds. The average molecular weight is 300 g/mol. The number of ether oxygens (including phenoxy) is 1. The quantitative estimate of drug-likeness (QED) is 0.440. The molecule has 0 aliphatic rings. The van der Waals surface area contributed by atoms with Gasteiger partial charge in [-0.25, -0.2) is 0 Å². The summed E-state index contributed by atoms with van der Waals surface area (Å²) >= 11 is 1.84. The van der Waals surface area contributed by atoms with Crippen LogP contribution in [-0.2, 0) is 0 Å². The summed E-state index contributed by atoms with van der Waals surface area (Å²) in [5.41, 5.74) is 0. The van der Waals surface area contributed by atoms with Crippen LogP contribution in [0.3, 0.4) is 0 Å². The van der Waals surface area contributed by atoms with E-state index in [1.807, 2.05) is 30.0 Å². The fourth-order valence-electron chi connectivity index (χ4n) is 0.962. The van der Waals surface area contributed by atoms with E-state index in [1.165, 1.54) is 11.3 Å². The average Bonchev–Trinajstić information content (AvgIpc) is 2.18. The predicted molar refractivity (Wildman–Crippen MR) is 63.2 cm³/mol. The van der Waals surface area contributed by atoms with Crippen molar-refractivity contribution in [2.75, 3.05) is 7.11 Å². The van der Waals surface area contributed by atoms with Crippen molar-refractivity contribution in [3.63, 3.8) is 0 Å². The van der Waals surface area contributed by atoms with Crippen LogP contribution in [0.5, 0.6) is 5.75 Å². The van der Waals surface area contributed by atoms with Crippen molar-refractivity contribution in [3.8, 4) is 5.75 Å². The van der Waals surface area contributed by atoms with Gasteiger partial charge in [0, 0.05) is 5.75 Å². The van der Waals surface area contributed by atoms with Gasteiger partial charge in [-0.05, 0) is 11.7 Å². The van der Waals surface area contributed by atoms with Crippen molar-refractivity contribution >= 4 is 34.8 Å². The second-order valence-corrected chi connectivity index (χ2v) is 4.39. The maximum absolute atomic E-state index is 5.25. The van der Waals surface area contributed by atoms with E-state index in [2.05, 4.69) is 19.9 Å². The monoisotopic (exact) mass is 298 g/mol. The third-order valence-electron chi connectivity index (χ3n) is 1.91. The predicted octanol–water partition coefficient (Wildman–Crippen LogP) is 0.00919. The van der Waals surface area contributed by atoms with Gasteiger partial charge in [0.05, 0.1) is 7.11 Å². The minimum atomic E-state index is 0. The molecule has 80 valence electrons. The van der Waals surface area contributed by atoms with Gasteiger partial charge in [-0.1, -0.05) is 18.7 Å². The first kappa shape index (κ1) is 18.0. The Labute approximate surface area is 123 Å². The summed E-state index contributed by atoms with van der Waals surface area (Å²) in [6.07, 6.45) is 1.17. The molecule has 1 aromatic carbocycles. The number of thioether (sulfide) groups is 1. The van der Waals surface area contributed by atoms with Crippen LogP contribution in [0.4, 0.5) is 0 Å². The van der Waals surface area contributed by atoms with Crippen LogP contribution < -0.4 is 21.7 Å². The first-order valence-electron chi connectivity index (χ1n) is 4.48. The van der Waals surface area contributed by atoms with E-state index >= 15 is 0 Å². The van der Waals surface area contributed by atoms with Gasteiger partial charge < -0.3 is 21.7 Å². The Kier molecular flexibility index (Phi) is 11.8. The van der Waals surface area contributed by atoms with Crippen molar-refractivity contribution < 1.29 is 21.7 Å². The number of hydrogen-bond donors (Lipinski definition) is 0. The molecule has 0 fully saturated rings. The van der Waals surface area contributed by atoms with Gasteiger partial charge in [0.15, 0.2) is 0 Å². The Bertz CT molecular complexity index is 271. The molecule has 0 N–H and O–H groups in total. The third kappa shape index (κ3) is 6.05. The number of hydrogen-bond acceptors (Lipinski definition) is 2. The summed E-state index contributed by atoms with van der Waals surface area (Å²) in [5.74, 6) is 0.948. The van der Waals surface area contributed by atoms with Gasteiger partial charge in [-0.15, -0.1) is 6.07 Å². The molecule has 0 bridgehead atoms. The Morgan fingerprint density at radius 1 is 1.53 bits per heavy atom. The van der Waals surface area contributed by atoms with Crippen molar-refractivity contribution in [3.05, 3.63) is 24.3 Å². The Hall–Kier alpha value is 0.616. The number of rotatable bonds is 4. The van der Waals surface area contributed by atoms with E-state index in [1.54, 1.807) is 7.11 Å². The first-order valence-corrected chi connectivity index (χ1v) is 5.36. The first-order chi connectivity index (χ1) is 6.27. The summed E-state index contributed by atoms with van der Waals surface area (Å²) in [6, 6.07) is 8.87. The van der Waals surface area contributed by atoms with E-state index in [4.69, 9.17) is 4.74 Å². The zero-order valence-corrected chi connectivity index (χ0v) is 13.2. The molecule has 0 saturated heterocycles. The van der Waals surface area contributed by atoms with Crippen molar-refractivity contribution in [2.24, 2.45) is 0 Å². The maximum atomic E-state index is 5.25. The smallest absolute Gasteiger partial charge is 1.00 e. The molecule has 0 aromatic heterocycles. The van der Waals surface area contributed by atoms with Gasteiger partial charge in [-0.2, -0.15) is 30.0 Å². The van der Waals surface area contributed by atoms with Crippen LogP contribution in [0.2, 0.25) is 0 Å². The zero-order valence-electron chi connectivity index (χ0n) is 9.42. The van der Waals surface area contributed by atoms with Crippen LogP contribution in [0.15, 0.2) is 23.1 Å². The molecule has 0 spiro atoms. The van der Waals surface area contributed by atoms with Gasteiger partial charge in [0.1, 0.15) is 0 Å². The Morgan fingerprint density at radius 3 is 2.73 bits per heavy atom. The molecule has 1 atom stereocenters. The van der Waals surface area contributed by atoms with E-state index in [-0.39, 0.29) is 40.0 Å². The number of halogens is 1. The number of methoxy groups -OCH3 is 1. The molecule has 1 nitrogen and oxygen atoms in total. The molecule has 0 aliphatic carbocycles. The molecule has 15 heavy (non-hydrogen) atoms. The summed E-state index contributed by atoms with van der Waals surface area (Å²) in [7, 11) is 1.70. The minimum absolute atomic E-state index is 0. The molecular weight excluding hydrogens is 284 g/mol. The molecule has 1 rings (SSSR count). The fraction of sp³-hybridized carbons (Fsp3) is 0.455. The van der Waals surface area contributed by atoms with Crippen LogP contribution in [0.1, 0.15) is 20.3 Å². The standard InChI is InChI=1S/C11H15OS.BrH.Mg/c1-4-9(2)13-11-8-6-5-7-10(11)12-3;;/h5,7-9H,4H2,1-3H3;1H;/q-1;;+2/p-1. The second kappa shape index (κ2) is 9.81. The molecule has 0 saturated carbocycles. The number of benzene rings is 1. The van der Waals surface area contributed by atoms with Crippen LogP contribution >= 0.6 is 11.8 Å². The van der Waals surface area contributed by atoms with E-state index in [0.717, 1.165) is 5.75 Å². The second-order valence-electron chi connectivity index (χ2n) is 2.91. The fourth-order valence-corrected chi connectivity index (χ4v) is 1.97. The maximum Gasteiger partial charge on any atom is 2.00 e. The summed E-state index contributed by atoms with van der Waals surface area (Å²) in [4.78, 5) is 1.18. The van der Waals surface area contributed by atoms with E-state index in [0.29, 0.717) is 5.25 Å². The third-order valence-corrected chi connectivity index (χ3v) is 3.22. The molecule has 1 unspecified atom stereocenters. The van der Waals surface area contributed by atoms with Gasteiger partial charge in [0.25, 0.3) is 0 Å². The summed E-state index contributed by atoms with van der Waals surface area (Å²) < 4.78 is 5.25. The van der Waals surface area contributed by atoms with Gasteiger partial charge in [-0.3, -0.25) is 0 Å². The van der Waals surface area contributed by atoms with Crippen molar-refractivity contribution in [2.45, 2.75) is 30.4 Å². The van der Waals surface area contributed by atoms with Gasteiger partial charge in [0.2, 0.25) is 0 Å². The Balaban J connectivity index is 0. The largest absolute Gasteiger partial charge is 2.00 e. The molecule has 4 heteroatoms. The van der Waals surface area contributed by atoms with Gasteiger partial charge >= 0.3 is 23.1 Å². The van der Waals surface area contributed by atoms with Crippen molar-refractivity contribution in [1.29, 1.82) is 0 Å². The SMILES string of the molecule is CCC(C)Sc1c[c-]ccc1OC.[Br-].[Mg+2]. The van der Waals surface area contributed by atoms with Crippen LogP contribution in [0.25, 0.3) is 0 Å². The zero-order chi connectivity index (χ0) is 9.68. The van der Waals surface area contributed by atoms with Crippen LogP contribution in [-0.4, -0.2) is 35.4 Å². The summed E-state index contributed by atoms with van der Waals surface area (Å²) in [5, 5.41) is 0.629.